The summed E-state index contributed by atoms with van der Waals surface area (Å²) in [6.07, 6.45) is 3.52. The zero-order valence-corrected chi connectivity index (χ0v) is 11.8. The minimum absolute atomic E-state index is 0.329. The molecule has 3 rings (SSSR count). The number of hydrogen-bond acceptors (Lipinski definition) is 3. The molecule has 1 aromatic heterocycles. The Balaban J connectivity index is 2.18. The Kier molecular flexibility index (Phi) is 3.84. The molecule has 0 aliphatic heterocycles. The standard InChI is InChI=1S/C16H13ClFN3/c17-15-8-11(18)4-5-14(15)16(21-19)13-3-1-2-10-9-20-7-6-12(10)13/h1-9,16,21H,19H2. The van der Waals surface area contributed by atoms with Gasteiger partial charge in [-0.05, 0) is 34.7 Å². The number of hydrogen-bond donors (Lipinski definition) is 2. The number of aromatic nitrogens is 1. The first-order valence-corrected chi connectivity index (χ1v) is 6.82. The van der Waals surface area contributed by atoms with Crippen LogP contribution in [0.15, 0.2) is 54.9 Å². The second-order valence-electron chi connectivity index (χ2n) is 4.71. The van der Waals surface area contributed by atoms with Gasteiger partial charge < -0.3 is 0 Å². The summed E-state index contributed by atoms with van der Waals surface area (Å²) < 4.78 is 13.2. The van der Waals surface area contributed by atoms with Crippen LogP contribution < -0.4 is 11.3 Å². The quantitative estimate of drug-likeness (QED) is 0.574. The molecule has 3 nitrogen and oxygen atoms in total. The molecule has 2 aromatic carbocycles. The van der Waals surface area contributed by atoms with Crippen molar-refractivity contribution < 1.29 is 4.39 Å². The summed E-state index contributed by atoms with van der Waals surface area (Å²) in [7, 11) is 0. The van der Waals surface area contributed by atoms with Crippen LogP contribution in [0.3, 0.4) is 0 Å². The lowest BCUT2D eigenvalue weighted by molar-refractivity contribution is 0.617. The highest BCUT2D eigenvalue weighted by Crippen LogP contribution is 2.32. The van der Waals surface area contributed by atoms with Crippen molar-refractivity contribution in [2.24, 2.45) is 5.84 Å². The second kappa shape index (κ2) is 5.77. The van der Waals surface area contributed by atoms with E-state index in [0.29, 0.717) is 5.02 Å². The van der Waals surface area contributed by atoms with Crippen LogP contribution in [0.1, 0.15) is 17.2 Å². The number of fused-ring (bicyclic) bond motifs is 1. The van der Waals surface area contributed by atoms with Crippen molar-refractivity contribution in [3.05, 3.63) is 76.8 Å². The van der Waals surface area contributed by atoms with E-state index in [1.165, 1.54) is 12.1 Å². The Hall–Kier alpha value is -2.01. The maximum absolute atomic E-state index is 13.2. The summed E-state index contributed by atoms with van der Waals surface area (Å²) in [4.78, 5) is 4.11. The van der Waals surface area contributed by atoms with Crippen LogP contribution in [-0.2, 0) is 0 Å². The molecule has 1 atom stereocenters. The molecule has 1 unspecified atom stereocenters. The van der Waals surface area contributed by atoms with Gasteiger partial charge in [-0.25, -0.2) is 9.82 Å². The highest BCUT2D eigenvalue weighted by Gasteiger charge is 2.18. The largest absolute Gasteiger partial charge is 0.271 e. The van der Waals surface area contributed by atoms with Gasteiger partial charge in [-0.2, -0.15) is 0 Å². The maximum atomic E-state index is 13.2. The molecule has 0 spiro atoms. The van der Waals surface area contributed by atoms with Crippen molar-refractivity contribution in [3.63, 3.8) is 0 Å². The number of pyridine rings is 1. The summed E-state index contributed by atoms with van der Waals surface area (Å²) in [5, 5.41) is 2.37. The van der Waals surface area contributed by atoms with E-state index in [9.17, 15) is 4.39 Å². The topological polar surface area (TPSA) is 50.9 Å². The molecule has 3 N–H and O–H groups in total. The number of nitrogens with one attached hydrogen (secondary N) is 1. The smallest absolute Gasteiger partial charge is 0.124 e. The summed E-state index contributed by atoms with van der Waals surface area (Å²) in [6, 6.07) is 11.8. The van der Waals surface area contributed by atoms with Crippen LogP contribution in [0.5, 0.6) is 0 Å². The summed E-state index contributed by atoms with van der Waals surface area (Å²) >= 11 is 6.16. The molecule has 0 fully saturated rings. The lowest BCUT2D eigenvalue weighted by Gasteiger charge is -2.20. The molecule has 21 heavy (non-hydrogen) atoms. The predicted molar refractivity (Wildman–Crippen MR) is 82.3 cm³/mol. The van der Waals surface area contributed by atoms with E-state index in [0.717, 1.165) is 21.9 Å². The second-order valence-corrected chi connectivity index (χ2v) is 5.12. The fourth-order valence-corrected chi connectivity index (χ4v) is 2.76. The molecule has 0 radical (unpaired) electrons. The number of nitrogens with two attached hydrogens (primary N) is 1. The van der Waals surface area contributed by atoms with Crippen LogP contribution in [0.25, 0.3) is 10.8 Å². The van der Waals surface area contributed by atoms with E-state index in [-0.39, 0.29) is 11.9 Å². The molecule has 0 bridgehead atoms. The van der Waals surface area contributed by atoms with Gasteiger partial charge >= 0.3 is 0 Å². The molecule has 3 aromatic rings. The monoisotopic (exact) mass is 301 g/mol. The predicted octanol–water partition coefficient (Wildman–Crippen LogP) is 3.58. The highest BCUT2D eigenvalue weighted by molar-refractivity contribution is 6.31. The van der Waals surface area contributed by atoms with E-state index >= 15 is 0 Å². The van der Waals surface area contributed by atoms with Crippen molar-refractivity contribution in [1.29, 1.82) is 0 Å². The van der Waals surface area contributed by atoms with E-state index in [1.807, 2.05) is 24.3 Å². The molecule has 0 saturated carbocycles. The lowest BCUT2D eigenvalue weighted by Crippen LogP contribution is -2.29. The number of benzene rings is 2. The van der Waals surface area contributed by atoms with Gasteiger partial charge in [-0.15, -0.1) is 0 Å². The molecule has 1 heterocycles. The van der Waals surface area contributed by atoms with Crippen LogP contribution in [0, 0.1) is 5.82 Å². The van der Waals surface area contributed by atoms with E-state index in [4.69, 9.17) is 17.4 Å². The van der Waals surface area contributed by atoms with Gasteiger partial charge in [0.05, 0.1) is 6.04 Å². The average molecular weight is 302 g/mol. The Labute approximate surface area is 126 Å². The minimum atomic E-state index is -0.373. The van der Waals surface area contributed by atoms with E-state index < -0.39 is 0 Å². The molecule has 0 amide bonds. The van der Waals surface area contributed by atoms with Gasteiger partial charge in [-0.1, -0.05) is 35.9 Å². The summed E-state index contributed by atoms with van der Waals surface area (Å²) in [5.41, 5.74) is 4.45. The van der Waals surface area contributed by atoms with Gasteiger partial charge in [0.2, 0.25) is 0 Å². The van der Waals surface area contributed by atoms with Crippen molar-refractivity contribution in [2.75, 3.05) is 0 Å². The SMILES string of the molecule is NNC(c1ccc(F)cc1Cl)c1cccc2cnccc12. The third-order valence-electron chi connectivity index (χ3n) is 3.47. The Bertz CT molecular complexity index is 786. The molecule has 0 saturated heterocycles. The van der Waals surface area contributed by atoms with Gasteiger partial charge in [-0.3, -0.25) is 10.8 Å². The molecular formula is C16H13ClFN3. The first kappa shape index (κ1) is 13.9. The Morgan fingerprint density at radius 3 is 2.76 bits per heavy atom. The van der Waals surface area contributed by atoms with Gasteiger partial charge in [0, 0.05) is 22.8 Å². The summed E-state index contributed by atoms with van der Waals surface area (Å²) in [6.45, 7) is 0. The van der Waals surface area contributed by atoms with E-state index in [1.54, 1.807) is 18.5 Å². The van der Waals surface area contributed by atoms with Gasteiger partial charge in [0.25, 0.3) is 0 Å². The fourth-order valence-electron chi connectivity index (χ4n) is 2.48. The molecule has 106 valence electrons. The van der Waals surface area contributed by atoms with Crippen molar-refractivity contribution in [1.82, 2.24) is 10.4 Å². The molecule has 5 heteroatoms. The van der Waals surface area contributed by atoms with Crippen LogP contribution in [0.2, 0.25) is 5.02 Å². The maximum Gasteiger partial charge on any atom is 0.124 e. The number of halogens is 2. The van der Waals surface area contributed by atoms with Crippen molar-refractivity contribution >= 4 is 22.4 Å². The van der Waals surface area contributed by atoms with Gasteiger partial charge in [0.15, 0.2) is 0 Å². The van der Waals surface area contributed by atoms with Crippen LogP contribution >= 0.6 is 11.6 Å². The van der Waals surface area contributed by atoms with Crippen molar-refractivity contribution in [3.8, 4) is 0 Å². The van der Waals surface area contributed by atoms with Crippen molar-refractivity contribution in [2.45, 2.75) is 6.04 Å². The zero-order chi connectivity index (χ0) is 14.8. The summed E-state index contributed by atoms with van der Waals surface area (Å²) in [5.74, 6) is 5.34. The normalized spacial score (nSPS) is 12.5. The van der Waals surface area contributed by atoms with Crippen LogP contribution in [0.4, 0.5) is 4.39 Å². The molecule has 0 aliphatic carbocycles. The number of nitrogens with zero attached hydrogens (tertiary/aromatic N) is 1. The zero-order valence-electron chi connectivity index (χ0n) is 11.1. The number of rotatable bonds is 3. The third-order valence-corrected chi connectivity index (χ3v) is 3.79. The lowest BCUT2D eigenvalue weighted by atomic mass is 9.95. The minimum Gasteiger partial charge on any atom is -0.271 e. The first-order chi connectivity index (χ1) is 10.2. The Morgan fingerprint density at radius 2 is 2.00 bits per heavy atom. The molecular weight excluding hydrogens is 289 g/mol. The highest BCUT2D eigenvalue weighted by atomic mass is 35.5. The molecule has 0 aliphatic rings. The van der Waals surface area contributed by atoms with E-state index in [2.05, 4.69) is 10.4 Å². The number of hydrazine groups is 1. The Morgan fingerprint density at radius 1 is 1.14 bits per heavy atom. The fraction of sp³-hybridized carbons (Fsp3) is 0.0625. The van der Waals surface area contributed by atoms with Gasteiger partial charge in [0.1, 0.15) is 5.82 Å². The first-order valence-electron chi connectivity index (χ1n) is 6.44. The average Bonchev–Trinajstić information content (AvgIpc) is 2.50. The third kappa shape index (κ3) is 2.61. The van der Waals surface area contributed by atoms with Crippen LogP contribution in [-0.4, -0.2) is 4.98 Å².